The monoisotopic (exact) mass is 363 g/mol. The minimum atomic E-state index is 0.263. The van der Waals surface area contributed by atoms with E-state index in [1.165, 1.54) is 12.8 Å². The molecule has 2 aliphatic rings. The number of anilines is 1. The maximum Gasteiger partial charge on any atom is 0.225 e. The van der Waals surface area contributed by atoms with Crippen LogP contribution in [0.1, 0.15) is 36.8 Å². The molecule has 3 rings (SSSR count). The molecule has 0 spiro atoms. The van der Waals surface area contributed by atoms with Crippen molar-refractivity contribution >= 4 is 29.6 Å². The van der Waals surface area contributed by atoms with Crippen molar-refractivity contribution in [2.24, 2.45) is 5.92 Å². The van der Waals surface area contributed by atoms with E-state index < -0.39 is 0 Å². The molecule has 1 N–H and O–H groups in total. The second-order valence-electron chi connectivity index (χ2n) is 7.08. The van der Waals surface area contributed by atoms with E-state index in [0.29, 0.717) is 17.3 Å². The molecule has 2 amide bonds. The summed E-state index contributed by atoms with van der Waals surface area (Å²) in [5, 5.41) is 3.34. The number of hydrogen-bond donors (Lipinski definition) is 1. The summed E-state index contributed by atoms with van der Waals surface area (Å²) < 4.78 is 0. The molecular formula is C19H26ClN3O2. The third-order valence-electron chi connectivity index (χ3n) is 5.48. The van der Waals surface area contributed by atoms with Crippen LogP contribution in [0.4, 0.5) is 5.69 Å². The highest BCUT2D eigenvalue weighted by molar-refractivity contribution is 6.31. The standard InChI is InChI=1S/C19H26ClN3O2/c1-14-16(10-17(20)11-18(14)21-13-24)12-22-6-8-23(9-7-22)19(25)15-4-2-3-5-15/h10-11,13,15H,2-9,12H2,1H3,(H,21,24). The number of rotatable bonds is 5. The number of nitrogens with zero attached hydrogens (tertiary/aromatic N) is 2. The van der Waals surface area contributed by atoms with E-state index >= 15 is 0 Å². The fourth-order valence-electron chi connectivity index (χ4n) is 3.91. The van der Waals surface area contributed by atoms with Crippen LogP contribution in [0.5, 0.6) is 0 Å². The Hall–Kier alpha value is -1.59. The molecule has 25 heavy (non-hydrogen) atoms. The zero-order valence-electron chi connectivity index (χ0n) is 14.8. The number of hydrogen-bond acceptors (Lipinski definition) is 3. The zero-order chi connectivity index (χ0) is 17.8. The first-order chi connectivity index (χ1) is 12.1. The van der Waals surface area contributed by atoms with Crippen molar-refractivity contribution in [3.63, 3.8) is 0 Å². The third-order valence-corrected chi connectivity index (χ3v) is 5.69. The van der Waals surface area contributed by atoms with Gasteiger partial charge in [-0.05, 0) is 43.0 Å². The Balaban J connectivity index is 1.59. The maximum absolute atomic E-state index is 12.5. The molecule has 1 aromatic rings. The van der Waals surface area contributed by atoms with Crippen molar-refractivity contribution < 1.29 is 9.59 Å². The van der Waals surface area contributed by atoms with Gasteiger partial charge in [0.05, 0.1) is 0 Å². The van der Waals surface area contributed by atoms with Crippen LogP contribution in [0.15, 0.2) is 12.1 Å². The van der Waals surface area contributed by atoms with Gasteiger partial charge in [0.1, 0.15) is 0 Å². The van der Waals surface area contributed by atoms with Gasteiger partial charge in [0.25, 0.3) is 0 Å². The summed E-state index contributed by atoms with van der Waals surface area (Å²) in [7, 11) is 0. The van der Waals surface area contributed by atoms with Crippen molar-refractivity contribution in [2.75, 3.05) is 31.5 Å². The van der Waals surface area contributed by atoms with E-state index in [4.69, 9.17) is 11.6 Å². The van der Waals surface area contributed by atoms with Crippen molar-refractivity contribution in [1.82, 2.24) is 9.80 Å². The van der Waals surface area contributed by atoms with Crippen LogP contribution in [0, 0.1) is 12.8 Å². The number of halogens is 1. The smallest absolute Gasteiger partial charge is 0.225 e. The molecule has 1 saturated carbocycles. The van der Waals surface area contributed by atoms with Crippen LogP contribution >= 0.6 is 11.6 Å². The first-order valence-electron chi connectivity index (χ1n) is 9.09. The van der Waals surface area contributed by atoms with Gasteiger partial charge in [-0.2, -0.15) is 0 Å². The second-order valence-corrected chi connectivity index (χ2v) is 7.52. The third kappa shape index (κ3) is 4.33. The Labute approximate surface area is 154 Å². The maximum atomic E-state index is 12.5. The summed E-state index contributed by atoms with van der Waals surface area (Å²) in [6.07, 6.45) is 5.19. The number of carbonyl (C=O) groups is 2. The average Bonchev–Trinajstić information content (AvgIpc) is 3.14. The summed E-state index contributed by atoms with van der Waals surface area (Å²) in [5.74, 6) is 0.618. The molecule has 1 aromatic carbocycles. The zero-order valence-corrected chi connectivity index (χ0v) is 15.5. The Morgan fingerprint density at radius 1 is 1.24 bits per heavy atom. The number of benzene rings is 1. The molecule has 5 nitrogen and oxygen atoms in total. The van der Waals surface area contributed by atoms with Crippen LogP contribution in [0.2, 0.25) is 5.02 Å². The molecule has 0 aromatic heterocycles. The predicted octanol–water partition coefficient (Wildman–Crippen LogP) is 3.05. The van der Waals surface area contributed by atoms with E-state index in [-0.39, 0.29) is 5.92 Å². The number of carbonyl (C=O) groups excluding carboxylic acids is 2. The second kappa shape index (κ2) is 8.19. The molecule has 1 heterocycles. The predicted molar refractivity (Wildman–Crippen MR) is 99.7 cm³/mol. The highest BCUT2D eigenvalue weighted by Crippen LogP contribution is 2.28. The molecule has 1 saturated heterocycles. The van der Waals surface area contributed by atoms with E-state index in [1.54, 1.807) is 6.07 Å². The Kier molecular flexibility index (Phi) is 5.97. The Morgan fingerprint density at radius 2 is 1.92 bits per heavy atom. The Morgan fingerprint density at radius 3 is 2.56 bits per heavy atom. The van der Waals surface area contributed by atoms with Crippen LogP contribution in [-0.2, 0) is 16.1 Å². The number of piperazine rings is 1. The normalized spacial score (nSPS) is 19.2. The van der Waals surface area contributed by atoms with Gasteiger partial charge in [-0.3, -0.25) is 14.5 Å². The summed E-state index contributed by atoms with van der Waals surface area (Å²) in [6, 6.07) is 3.73. The molecule has 1 aliphatic heterocycles. The Bertz CT molecular complexity index is 636. The van der Waals surface area contributed by atoms with Crippen molar-refractivity contribution in [3.8, 4) is 0 Å². The van der Waals surface area contributed by atoms with Gasteiger partial charge in [-0.1, -0.05) is 24.4 Å². The fraction of sp³-hybridized carbons (Fsp3) is 0.579. The van der Waals surface area contributed by atoms with E-state index in [9.17, 15) is 9.59 Å². The van der Waals surface area contributed by atoms with Gasteiger partial charge in [-0.15, -0.1) is 0 Å². The summed E-state index contributed by atoms with van der Waals surface area (Å²) >= 11 is 6.19. The van der Waals surface area contributed by atoms with Crippen molar-refractivity contribution in [1.29, 1.82) is 0 Å². The number of nitrogens with one attached hydrogen (secondary N) is 1. The van der Waals surface area contributed by atoms with Gasteiger partial charge in [0, 0.05) is 49.4 Å². The highest BCUT2D eigenvalue weighted by Gasteiger charge is 2.29. The van der Waals surface area contributed by atoms with Crippen LogP contribution < -0.4 is 5.32 Å². The van der Waals surface area contributed by atoms with E-state index in [0.717, 1.165) is 62.4 Å². The lowest BCUT2D eigenvalue weighted by Gasteiger charge is -2.36. The topological polar surface area (TPSA) is 52.6 Å². The molecule has 136 valence electrons. The SMILES string of the molecule is Cc1c(CN2CCN(C(=O)C3CCCC3)CC2)cc(Cl)cc1NC=O. The van der Waals surface area contributed by atoms with Crippen LogP contribution in [0.3, 0.4) is 0 Å². The van der Waals surface area contributed by atoms with Crippen molar-refractivity contribution in [3.05, 3.63) is 28.3 Å². The van der Waals surface area contributed by atoms with Gasteiger partial charge in [-0.25, -0.2) is 0 Å². The van der Waals surface area contributed by atoms with Gasteiger partial charge in [0.15, 0.2) is 0 Å². The van der Waals surface area contributed by atoms with E-state index in [1.807, 2.05) is 17.9 Å². The lowest BCUT2D eigenvalue weighted by Crippen LogP contribution is -2.49. The quantitative estimate of drug-likeness (QED) is 0.818. The van der Waals surface area contributed by atoms with E-state index in [2.05, 4.69) is 10.2 Å². The lowest BCUT2D eigenvalue weighted by molar-refractivity contribution is -0.137. The molecular weight excluding hydrogens is 338 g/mol. The molecule has 0 radical (unpaired) electrons. The summed E-state index contributed by atoms with van der Waals surface area (Å²) in [5.41, 5.74) is 2.92. The van der Waals surface area contributed by atoms with Gasteiger partial charge < -0.3 is 10.2 Å². The average molecular weight is 364 g/mol. The molecule has 2 fully saturated rings. The van der Waals surface area contributed by atoms with Crippen molar-refractivity contribution in [2.45, 2.75) is 39.2 Å². The number of amides is 2. The first kappa shape index (κ1) is 18.2. The molecule has 1 aliphatic carbocycles. The van der Waals surface area contributed by atoms with Crippen LogP contribution in [0.25, 0.3) is 0 Å². The molecule has 0 atom stereocenters. The first-order valence-corrected chi connectivity index (χ1v) is 9.46. The highest BCUT2D eigenvalue weighted by atomic mass is 35.5. The largest absolute Gasteiger partial charge is 0.340 e. The minimum Gasteiger partial charge on any atom is -0.340 e. The summed E-state index contributed by atoms with van der Waals surface area (Å²) in [4.78, 5) is 27.7. The minimum absolute atomic E-state index is 0.263. The molecule has 0 bridgehead atoms. The fourth-order valence-corrected chi connectivity index (χ4v) is 4.15. The van der Waals surface area contributed by atoms with Gasteiger partial charge >= 0.3 is 0 Å². The summed E-state index contributed by atoms with van der Waals surface area (Å²) in [6.45, 7) is 6.13. The molecule has 0 unspecified atom stereocenters. The van der Waals surface area contributed by atoms with Gasteiger partial charge in [0.2, 0.25) is 12.3 Å². The molecule has 6 heteroatoms. The van der Waals surface area contributed by atoms with Crippen LogP contribution in [-0.4, -0.2) is 48.3 Å². The lowest BCUT2D eigenvalue weighted by atomic mass is 10.0.